The maximum absolute atomic E-state index is 12.9. The lowest BCUT2D eigenvalue weighted by molar-refractivity contribution is -0.120. The van der Waals surface area contributed by atoms with E-state index in [2.05, 4.69) is 10.6 Å². The Morgan fingerprint density at radius 2 is 1.58 bits per heavy atom. The van der Waals surface area contributed by atoms with Crippen LogP contribution in [0.1, 0.15) is 10.4 Å². The number of amides is 3. The summed E-state index contributed by atoms with van der Waals surface area (Å²) in [7, 11) is 0. The summed E-state index contributed by atoms with van der Waals surface area (Å²) >= 11 is 18.2. The van der Waals surface area contributed by atoms with E-state index in [1.165, 1.54) is 36.4 Å². The normalized spacial score (nSPS) is 13.5. The Balaban J connectivity index is 1.50. The minimum atomic E-state index is -0.730. The smallest absolute Gasteiger partial charge is 0.283 e. The molecule has 3 aromatic rings. The van der Waals surface area contributed by atoms with Gasteiger partial charge in [0.05, 0.1) is 16.4 Å². The van der Waals surface area contributed by atoms with Gasteiger partial charge in [-0.2, -0.15) is 0 Å². The predicted molar refractivity (Wildman–Crippen MR) is 128 cm³/mol. The average Bonchev–Trinajstić information content (AvgIpc) is 2.99. The Labute approximate surface area is 203 Å². The molecule has 1 aliphatic heterocycles. The van der Waals surface area contributed by atoms with Crippen molar-refractivity contribution in [3.05, 3.63) is 93.1 Å². The average molecular weight is 503 g/mol. The summed E-state index contributed by atoms with van der Waals surface area (Å²) in [5.74, 6) is -1.90. The third-order valence-corrected chi connectivity index (χ3v) is 5.64. The number of anilines is 3. The van der Waals surface area contributed by atoms with Crippen molar-refractivity contribution in [3.8, 4) is 5.75 Å². The van der Waals surface area contributed by atoms with Gasteiger partial charge in [-0.1, -0.05) is 46.9 Å². The first-order chi connectivity index (χ1) is 15.8. The van der Waals surface area contributed by atoms with Gasteiger partial charge in [-0.25, -0.2) is 4.90 Å². The minimum Gasteiger partial charge on any atom is -0.506 e. The van der Waals surface area contributed by atoms with Crippen LogP contribution in [-0.2, 0) is 9.59 Å². The van der Waals surface area contributed by atoms with Gasteiger partial charge < -0.3 is 15.7 Å². The molecule has 4 rings (SSSR count). The van der Waals surface area contributed by atoms with E-state index < -0.39 is 17.7 Å². The zero-order chi connectivity index (χ0) is 23.7. The van der Waals surface area contributed by atoms with Crippen molar-refractivity contribution < 1.29 is 19.5 Å². The van der Waals surface area contributed by atoms with Crippen molar-refractivity contribution in [3.63, 3.8) is 0 Å². The van der Waals surface area contributed by atoms with Gasteiger partial charge in [0.1, 0.15) is 16.5 Å². The van der Waals surface area contributed by atoms with Crippen molar-refractivity contribution in [2.75, 3.05) is 15.5 Å². The summed E-state index contributed by atoms with van der Waals surface area (Å²) in [6, 6.07) is 16.8. The fraction of sp³-hybridized carbons (Fsp3) is 0. The van der Waals surface area contributed by atoms with Crippen LogP contribution in [0.15, 0.2) is 77.5 Å². The van der Waals surface area contributed by atoms with E-state index in [4.69, 9.17) is 34.8 Å². The quantitative estimate of drug-likeness (QED) is 0.321. The van der Waals surface area contributed by atoms with Crippen LogP contribution in [0.2, 0.25) is 10.0 Å². The molecule has 0 unspecified atom stereocenters. The Kier molecular flexibility index (Phi) is 6.29. The minimum absolute atomic E-state index is 0.0551. The number of aromatic hydroxyl groups is 1. The SMILES string of the molecule is O=C(Nc1ccccc1O)c1ccc(NC2=C(Cl)C(=O)N(c3ccc(Cl)cc3Cl)C2=O)cc1. The number of hydrogen-bond acceptors (Lipinski definition) is 5. The molecule has 3 aromatic carbocycles. The number of nitrogens with one attached hydrogen (secondary N) is 2. The highest BCUT2D eigenvalue weighted by atomic mass is 35.5. The van der Waals surface area contributed by atoms with E-state index in [1.807, 2.05) is 0 Å². The molecule has 0 atom stereocenters. The summed E-state index contributed by atoms with van der Waals surface area (Å²) in [6.45, 7) is 0. The third-order valence-electron chi connectivity index (χ3n) is 4.75. The molecular formula is C23H14Cl3N3O4. The van der Waals surface area contributed by atoms with Gasteiger partial charge in [0, 0.05) is 16.3 Å². The van der Waals surface area contributed by atoms with Crippen LogP contribution in [0.4, 0.5) is 17.1 Å². The number of rotatable bonds is 5. The van der Waals surface area contributed by atoms with Crippen LogP contribution >= 0.6 is 34.8 Å². The number of phenols is 1. The first-order valence-electron chi connectivity index (χ1n) is 9.46. The van der Waals surface area contributed by atoms with Gasteiger partial charge in [-0.3, -0.25) is 14.4 Å². The van der Waals surface area contributed by atoms with Gasteiger partial charge in [0.2, 0.25) is 0 Å². The number of halogens is 3. The first-order valence-corrected chi connectivity index (χ1v) is 10.6. The topological polar surface area (TPSA) is 98.7 Å². The van der Waals surface area contributed by atoms with Crippen LogP contribution < -0.4 is 15.5 Å². The summed E-state index contributed by atoms with van der Waals surface area (Å²) in [5.41, 5.74) is 1.04. The number of hydrogen-bond donors (Lipinski definition) is 3. The van der Waals surface area contributed by atoms with Crippen LogP contribution in [-0.4, -0.2) is 22.8 Å². The molecule has 10 heteroatoms. The molecule has 0 aliphatic carbocycles. The molecular weight excluding hydrogens is 489 g/mol. The fourth-order valence-corrected chi connectivity index (χ4v) is 3.82. The first kappa shape index (κ1) is 22.7. The highest BCUT2D eigenvalue weighted by molar-refractivity contribution is 6.54. The number of carbonyl (C=O) groups excluding carboxylic acids is 3. The second kappa shape index (κ2) is 9.15. The van der Waals surface area contributed by atoms with E-state index in [9.17, 15) is 19.5 Å². The lowest BCUT2D eigenvalue weighted by Crippen LogP contribution is -2.32. The molecule has 0 saturated heterocycles. The molecule has 0 bridgehead atoms. The van der Waals surface area contributed by atoms with Crippen LogP contribution in [0, 0.1) is 0 Å². The summed E-state index contributed by atoms with van der Waals surface area (Å²) < 4.78 is 0. The number of benzene rings is 3. The van der Waals surface area contributed by atoms with Gasteiger partial charge >= 0.3 is 0 Å². The molecule has 0 saturated carbocycles. The van der Waals surface area contributed by atoms with Gasteiger partial charge in [-0.15, -0.1) is 0 Å². The second-order valence-corrected chi connectivity index (χ2v) is 8.13. The van der Waals surface area contributed by atoms with E-state index in [0.29, 0.717) is 16.3 Å². The third kappa shape index (κ3) is 4.52. The number of imide groups is 1. The highest BCUT2D eigenvalue weighted by Gasteiger charge is 2.39. The molecule has 3 amide bonds. The molecule has 0 fully saturated rings. The summed E-state index contributed by atoms with van der Waals surface area (Å²) in [6.07, 6.45) is 0. The Morgan fingerprint density at radius 1 is 0.879 bits per heavy atom. The van der Waals surface area contributed by atoms with Crippen LogP contribution in [0.5, 0.6) is 5.75 Å². The maximum Gasteiger partial charge on any atom is 0.283 e. The van der Waals surface area contributed by atoms with E-state index in [1.54, 1.807) is 30.3 Å². The summed E-state index contributed by atoms with van der Waals surface area (Å²) in [4.78, 5) is 38.8. The van der Waals surface area contributed by atoms with Gasteiger partial charge in [0.25, 0.3) is 17.7 Å². The molecule has 0 aromatic heterocycles. The lowest BCUT2D eigenvalue weighted by Gasteiger charge is -2.16. The van der Waals surface area contributed by atoms with Crippen molar-refractivity contribution in [2.45, 2.75) is 0 Å². The van der Waals surface area contributed by atoms with Gasteiger partial charge in [-0.05, 0) is 54.6 Å². The molecule has 33 heavy (non-hydrogen) atoms. The van der Waals surface area contributed by atoms with E-state index >= 15 is 0 Å². The number of para-hydroxylation sites is 2. The van der Waals surface area contributed by atoms with Crippen LogP contribution in [0.3, 0.4) is 0 Å². The Morgan fingerprint density at radius 3 is 2.24 bits per heavy atom. The highest BCUT2D eigenvalue weighted by Crippen LogP contribution is 2.35. The number of nitrogens with zero attached hydrogens (tertiary/aromatic N) is 1. The van der Waals surface area contributed by atoms with Crippen molar-refractivity contribution >= 4 is 69.6 Å². The molecule has 7 nitrogen and oxygen atoms in total. The second-order valence-electron chi connectivity index (χ2n) is 6.90. The summed E-state index contributed by atoms with van der Waals surface area (Å²) in [5, 5.41) is 15.4. The molecule has 166 valence electrons. The van der Waals surface area contributed by atoms with Crippen LogP contribution in [0.25, 0.3) is 0 Å². The molecule has 0 radical (unpaired) electrons. The Hall–Kier alpha value is -3.52. The number of phenolic OH excluding ortho intramolecular Hbond substituents is 1. The van der Waals surface area contributed by atoms with E-state index in [-0.39, 0.29) is 32.9 Å². The zero-order valence-electron chi connectivity index (χ0n) is 16.6. The molecule has 0 spiro atoms. The largest absolute Gasteiger partial charge is 0.506 e. The number of carbonyl (C=O) groups is 3. The molecule has 1 heterocycles. The zero-order valence-corrected chi connectivity index (χ0v) is 18.9. The fourth-order valence-electron chi connectivity index (χ4n) is 3.12. The molecule has 1 aliphatic rings. The molecule has 3 N–H and O–H groups in total. The lowest BCUT2D eigenvalue weighted by atomic mass is 10.2. The Bertz CT molecular complexity index is 1320. The van der Waals surface area contributed by atoms with Crippen molar-refractivity contribution in [2.24, 2.45) is 0 Å². The van der Waals surface area contributed by atoms with Gasteiger partial charge in [0.15, 0.2) is 0 Å². The monoisotopic (exact) mass is 501 g/mol. The predicted octanol–water partition coefficient (Wildman–Crippen LogP) is 5.39. The van der Waals surface area contributed by atoms with E-state index in [0.717, 1.165) is 4.90 Å². The van der Waals surface area contributed by atoms with Crippen molar-refractivity contribution in [1.82, 2.24) is 0 Å². The maximum atomic E-state index is 12.9. The van der Waals surface area contributed by atoms with Crippen molar-refractivity contribution in [1.29, 1.82) is 0 Å². The standard InChI is InChI=1S/C23H14Cl3N3O4/c24-13-7-10-17(15(25)11-13)29-22(32)19(26)20(23(29)33)27-14-8-5-12(6-9-14)21(31)28-16-3-1-2-4-18(16)30/h1-11,27,30H,(H,28,31).